The second kappa shape index (κ2) is 9.87. The molecule has 0 heterocycles. The van der Waals surface area contributed by atoms with Crippen molar-refractivity contribution in [1.82, 2.24) is 5.32 Å². The molecule has 0 unspecified atom stereocenters. The van der Waals surface area contributed by atoms with Gasteiger partial charge in [-0.05, 0) is 80.3 Å². The zero-order valence-electron chi connectivity index (χ0n) is 18.7. The van der Waals surface area contributed by atoms with Gasteiger partial charge in [-0.15, -0.1) is 0 Å². The van der Waals surface area contributed by atoms with Crippen LogP contribution in [-0.4, -0.2) is 20.9 Å². The highest BCUT2D eigenvalue weighted by atomic mass is 32.2. The summed E-state index contributed by atoms with van der Waals surface area (Å²) >= 11 is 0. The summed E-state index contributed by atoms with van der Waals surface area (Å²) in [6, 6.07) is 17.7. The van der Waals surface area contributed by atoms with E-state index < -0.39 is 10.0 Å². The summed E-state index contributed by atoms with van der Waals surface area (Å²) in [6.07, 6.45) is 0. The maximum Gasteiger partial charge on any atom is 0.262 e. The lowest BCUT2D eigenvalue weighted by Gasteiger charge is -2.14. The molecule has 0 aliphatic rings. The monoisotopic (exact) mass is 452 g/mol. The van der Waals surface area contributed by atoms with E-state index in [0.29, 0.717) is 24.4 Å². The fourth-order valence-electron chi connectivity index (χ4n) is 3.23. The first-order valence-electron chi connectivity index (χ1n) is 10.4. The molecule has 0 bridgehead atoms. The molecule has 0 radical (unpaired) electrons. The van der Waals surface area contributed by atoms with Gasteiger partial charge in [0.25, 0.3) is 15.9 Å². The molecule has 2 N–H and O–H groups in total. The minimum Gasteiger partial charge on any atom is -0.494 e. The summed E-state index contributed by atoms with van der Waals surface area (Å²) in [5.74, 6) is 0.425. The summed E-state index contributed by atoms with van der Waals surface area (Å²) in [5, 5.41) is 2.84. The quantitative estimate of drug-likeness (QED) is 0.517. The van der Waals surface area contributed by atoms with Crippen LogP contribution in [0.4, 0.5) is 5.69 Å². The Morgan fingerprint density at radius 1 is 0.906 bits per heavy atom. The van der Waals surface area contributed by atoms with Gasteiger partial charge in [0, 0.05) is 12.1 Å². The number of rotatable bonds is 8. The first-order chi connectivity index (χ1) is 15.2. The highest BCUT2D eigenvalue weighted by molar-refractivity contribution is 7.92. The van der Waals surface area contributed by atoms with Crippen molar-refractivity contribution in [3.63, 3.8) is 0 Å². The van der Waals surface area contributed by atoms with E-state index >= 15 is 0 Å². The van der Waals surface area contributed by atoms with E-state index in [2.05, 4.69) is 10.0 Å². The fourth-order valence-corrected chi connectivity index (χ4v) is 4.62. The first kappa shape index (κ1) is 23.3. The second-order valence-electron chi connectivity index (χ2n) is 7.66. The third-order valence-electron chi connectivity index (χ3n) is 5.06. The molecule has 1 amide bonds. The third-order valence-corrected chi connectivity index (χ3v) is 6.57. The average Bonchev–Trinajstić information content (AvgIpc) is 2.76. The maximum absolute atomic E-state index is 13.1. The Labute approximate surface area is 189 Å². The zero-order chi connectivity index (χ0) is 23.3. The van der Waals surface area contributed by atoms with Crippen LogP contribution < -0.4 is 14.8 Å². The molecule has 0 aliphatic carbocycles. The molecule has 32 heavy (non-hydrogen) atoms. The van der Waals surface area contributed by atoms with Crippen LogP contribution in [-0.2, 0) is 16.6 Å². The van der Waals surface area contributed by atoms with Crippen molar-refractivity contribution in [1.29, 1.82) is 0 Å². The van der Waals surface area contributed by atoms with Gasteiger partial charge in [-0.3, -0.25) is 9.52 Å². The molecule has 0 spiro atoms. The van der Waals surface area contributed by atoms with Crippen LogP contribution in [0.1, 0.15) is 39.5 Å². The van der Waals surface area contributed by atoms with Gasteiger partial charge >= 0.3 is 0 Å². The van der Waals surface area contributed by atoms with E-state index in [1.807, 2.05) is 57.2 Å². The van der Waals surface area contributed by atoms with Gasteiger partial charge in [0.2, 0.25) is 0 Å². The third kappa shape index (κ3) is 5.68. The van der Waals surface area contributed by atoms with E-state index in [1.165, 1.54) is 6.07 Å². The van der Waals surface area contributed by atoms with Gasteiger partial charge in [-0.2, -0.15) is 0 Å². The van der Waals surface area contributed by atoms with Gasteiger partial charge in [-0.25, -0.2) is 8.42 Å². The molecule has 3 rings (SSSR count). The molecule has 168 valence electrons. The lowest BCUT2D eigenvalue weighted by atomic mass is 10.1. The van der Waals surface area contributed by atoms with Gasteiger partial charge in [0.15, 0.2) is 0 Å². The minimum absolute atomic E-state index is 0.0760. The van der Waals surface area contributed by atoms with Crippen LogP contribution in [0.2, 0.25) is 0 Å². The Morgan fingerprint density at radius 2 is 1.59 bits per heavy atom. The number of hydrogen-bond donors (Lipinski definition) is 2. The minimum atomic E-state index is -3.86. The van der Waals surface area contributed by atoms with Gasteiger partial charge in [-0.1, -0.05) is 30.3 Å². The molecular formula is C25H28N2O4S. The standard InChI is InChI=1S/C25H28N2O4S/c1-5-31-22-12-9-20(10-13-22)16-26-25(28)21-11-8-19(4)24(15-21)32(29,30)27-23-14-17(2)6-7-18(23)3/h6-15,27H,5,16H2,1-4H3,(H,26,28). The number of anilines is 1. The number of carbonyl (C=O) groups is 1. The lowest BCUT2D eigenvalue weighted by Crippen LogP contribution is -2.23. The number of sulfonamides is 1. The van der Waals surface area contributed by atoms with Crippen molar-refractivity contribution >= 4 is 21.6 Å². The summed E-state index contributed by atoms with van der Waals surface area (Å²) in [5.41, 5.74) is 4.05. The van der Waals surface area contributed by atoms with E-state index in [0.717, 1.165) is 22.4 Å². The average molecular weight is 453 g/mol. The molecule has 3 aromatic rings. The highest BCUT2D eigenvalue weighted by Gasteiger charge is 2.20. The number of ether oxygens (including phenoxy) is 1. The number of carbonyl (C=O) groups excluding carboxylic acids is 1. The van der Waals surface area contributed by atoms with Crippen LogP contribution in [0.15, 0.2) is 65.6 Å². The van der Waals surface area contributed by atoms with Crippen molar-refractivity contribution in [2.75, 3.05) is 11.3 Å². The molecule has 0 atom stereocenters. The topological polar surface area (TPSA) is 84.5 Å². The molecule has 0 saturated carbocycles. The molecule has 7 heteroatoms. The van der Waals surface area contributed by atoms with Crippen molar-refractivity contribution in [2.24, 2.45) is 0 Å². The summed E-state index contributed by atoms with van der Waals surface area (Å²) < 4.78 is 34.2. The van der Waals surface area contributed by atoms with Gasteiger partial charge < -0.3 is 10.1 Å². The number of nitrogens with one attached hydrogen (secondary N) is 2. The summed E-state index contributed by atoms with van der Waals surface area (Å²) in [6.45, 7) is 8.28. The van der Waals surface area contributed by atoms with Crippen molar-refractivity contribution < 1.29 is 17.9 Å². The predicted molar refractivity (Wildman–Crippen MR) is 127 cm³/mol. The number of aryl methyl sites for hydroxylation is 3. The summed E-state index contributed by atoms with van der Waals surface area (Å²) in [4.78, 5) is 12.8. The molecule has 6 nitrogen and oxygen atoms in total. The van der Waals surface area contributed by atoms with Crippen LogP contribution in [0.3, 0.4) is 0 Å². The van der Waals surface area contributed by atoms with Crippen molar-refractivity contribution in [3.05, 3.63) is 88.5 Å². The summed E-state index contributed by atoms with van der Waals surface area (Å²) in [7, 11) is -3.86. The normalized spacial score (nSPS) is 11.1. The molecule has 0 aromatic heterocycles. The Morgan fingerprint density at radius 3 is 2.28 bits per heavy atom. The smallest absolute Gasteiger partial charge is 0.262 e. The van der Waals surface area contributed by atoms with E-state index in [4.69, 9.17) is 4.74 Å². The van der Waals surface area contributed by atoms with Gasteiger partial charge in [0.1, 0.15) is 5.75 Å². The first-order valence-corrected chi connectivity index (χ1v) is 11.9. The Bertz CT molecular complexity index is 1220. The van der Waals surface area contributed by atoms with Gasteiger partial charge in [0.05, 0.1) is 17.2 Å². The van der Waals surface area contributed by atoms with Crippen LogP contribution in [0.5, 0.6) is 5.75 Å². The van der Waals surface area contributed by atoms with Crippen molar-refractivity contribution in [2.45, 2.75) is 39.1 Å². The molecule has 3 aromatic carbocycles. The lowest BCUT2D eigenvalue weighted by molar-refractivity contribution is 0.0950. The van der Waals surface area contributed by atoms with E-state index in [1.54, 1.807) is 25.1 Å². The second-order valence-corrected chi connectivity index (χ2v) is 9.31. The maximum atomic E-state index is 13.1. The van der Waals surface area contributed by atoms with Crippen molar-refractivity contribution in [3.8, 4) is 5.75 Å². The molecule has 0 fully saturated rings. The van der Waals surface area contributed by atoms with Crippen LogP contribution in [0.25, 0.3) is 0 Å². The number of benzene rings is 3. The Kier molecular flexibility index (Phi) is 7.20. The number of hydrogen-bond acceptors (Lipinski definition) is 4. The number of amides is 1. The molecular weight excluding hydrogens is 424 g/mol. The largest absolute Gasteiger partial charge is 0.494 e. The van der Waals surface area contributed by atoms with E-state index in [9.17, 15) is 13.2 Å². The highest BCUT2D eigenvalue weighted by Crippen LogP contribution is 2.24. The molecule has 0 aliphatic heterocycles. The predicted octanol–water partition coefficient (Wildman–Crippen LogP) is 4.74. The van der Waals surface area contributed by atoms with Crippen LogP contribution >= 0.6 is 0 Å². The van der Waals surface area contributed by atoms with Crippen LogP contribution in [0, 0.1) is 20.8 Å². The SMILES string of the molecule is CCOc1ccc(CNC(=O)c2ccc(C)c(S(=O)(=O)Nc3cc(C)ccc3C)c2)cc1. The Hall–Kier alpha value is -3.32. The Balaban J connectivity index is 1.76. The molecule has 0 saturated heterocycles. The zero-order valence-corrected chi connectivity index (χ0v) is 19.5. The fraction of sp³-hybridized carbons (Fsp3) is 0.240. The van der Waals surface area contributed by atoms with E-state index in [-0.39, 0.29) is 16.4 Å².